The highest BCUT2D eigenvalue weighted by Gasteiger charge is 2.12. The molecular weight excluding hydrogens is 236 g/mol. The van der Waals surface area contributed by atoms with Crippen LogP contribution in [0, 0.1) is 0 Å². The van der Waals surface area contributed by atoms with Gasteiger partial charge in [-0.2, -0.15) is 0 Å². The van der Waals surface area contributed by atoms with Crippen LogP contribution in [0.15, 0.2) is 48.8 Å². The number of para-hydroxylation sites is 1. The molecule has 1 aromatic carbocycles. The second-order valence-electron chi connectivity index (χ2n) is 3.56. The summed E-state index contributed by atoms with van der Waals surface area (Å²) in [5.41, 5.74) is 6.65. The van der Waals surface area contributed by atoms with E-state index in [1.54, 1.807) is 18.5 Å². The lowest BCUT2D eigenvalue weighted by atomic mass is 10.1. The first-order valence-electron chi connectivity index (χ1n) is 5.32. The first-order chi connectivity index (χ1) is 8.31. The third-order valence-corrected chi connectivity index (χ3v) is 2.69. The van der Waals surface area contributed by atoms with Crippen molar-refractivity contribution in [1.82, 2.24) is 4.98 Å². The molecule has 4 heteroatoms. The van der Waals surface area contributed by atoms with Gasteiger partial charge in [-0.25, -0.2) is 0 Å². The van der Waals surface area contributed by atoms with E-state index in [-0.39, 0.29) is 6.10 Å². The molecule has 2 rings (SSSR count). The maximum Gasteiger partial charge on any atom is 0.138 e. The molecule has 88 valence electrons. The number of hydrogen-bond donors (Lipinski definition) is 1. The van der Waals surface area contributed by atoms with Crippen molar-refractivity contribution in [2.24, 2.45) is 5.73 Å². The number of nitrogens with zero attached hydrogens (tertiary/aromatic N) is 1. The Kier molecular flexibility index (Phi) is 3.96. The van der Waals surface area contributed by atoms with Crippen molar-refractivity contribution in [3.8, 4) is 5.75 Å². The van der Waals surface area contributed by atoms with E-state index in [2.05, 4.69) is 4.98 Å². The summed E-state index contributed by atoms with van der Waals surface area (Å²) in [5.74, 6) is 0.633. The van der Waals surface area contributed by atoms with Crippen molar-refractivity contribution in [1.29, 1.82) is 0 Å². The van der Waals surface area contributed by atoms with Gasteiger partial charge in [0, 0.05) is 24.5 Å². The van der Waals surface area contributed by atoms with Gasteiger partial charge in [-0.3, -0.25) is 4.98 Å². The van der Waals surface area contributed by atoms with E-state index >= 15 is 0 Å². The molecule has 0 fully saturated rings. The Morgan fingerprint density at radius 3 is 2.71 bits per heavy atom. The average molecular weight is 249 g/mol. The summed E-state index contributed by atoms with van der Waals surface area (Å²) in [6, 6.07) is 11.1. The van der Waals surface area contributed by atoms with E-state index in [1.807, 2.05) is 30.3 Å². The van der Waals surface area contributed by atoms with E-state index in [0.29, 0.717) is 17.3 Å². The highest BCUT2D eigenvalue weighted by atomic mass is 35.5. The van der Waals surface area contributed by atoms with Crippen molar-refractivity contribution in [2.45, 2.75) is 6.10 Å². The predicted molar refractivity (Wildman–Crippen MR) is 68.1 cm³/mol. The zero-order valence-corrected chi connectivity index (χ0v) is 9.97. The van der Waals surface area contributed by atoms with E-state index < -0.39 is 0 Å². The second kappa shape index (κ2) is 5.66. The molecule has 0 amide bonds. The molecule has 0 saturated heterocycles. The SMILES string of the molecule is NCC(Oc1ccccc1Cl)c1cccnc1. The molecule has 0 saturated carbocycles. The van der Waals surface area contributed by atoms with Crippen LogP contribution >= 0.6 is 11.6 Å². The number of pyridine rings is 1. The summed E-state index contributed by atoms with van der Waals surface area (Å²) in [6.45, 7) is 0.372. The number of halogens is 1. The van der Waals surface area contributed by atoms with Gasteiger partial charge in [0.15, 0.2) is 0 Å². The van der Waals surface area contributed by atoms with Crippen LogP contribution in [-0.2, 0) is 0 Å². The Hall–Kier alpha value is -1.58. The lowest BCUT2D eigenvalue weighted by molar-refractivity contribution is 0.214. The zero-order chi connectivity index (χ0) is 12.1. The van der Waals surface area contributed by atoms with Crippen molar-refractivity contribution in [3.05, 3.63) is 59.4 Å². The molecule has 17 heavy (non-hydrogen) atoms. The fourth-order valence-electron chi connectivity index (χ4n) is 1.51. The van der Waals surface area contributed by atoms with Gasteiger partial charge in [0.05, 0.1) is 5.02 Å². The lowest BCUT2D eigenvalue weighted by Gasteiger charge is -2.18. The second-order valence-corrected chi connectivity index (χ2v) is 3.97. The van der Waals surface area contributed by atoms with Crippen LogP contribution < -0.4 is 10.5 Å². The summed E-state index contributed by atoms with van der Waals surface area (Å²) in [5, 5.41) is 0.579. The standard InChI is InChI=1S/C13H13ClN2O/c14-11-5-1-2-6-12(11)17-13(8-15)10-4-3-7-16-9-10/h1-7,9,13H,8,15H2. The van der Waals surface area contributed by atoms with E-state index in [0.717, 1.165) is 5.56 Å². The molecule has 1 aromatic heterocycles. The average Bonchev–Trinajstić information content (AvgIpc) is 2.39. The molecule has 1 heterocycles. The zero-order valence-electron chi connectivity index (χ0n) is 9.21. The highest BCUT2D eigenvalue weighted by molar-refractivity contribution is 6.32. The van der Waals surface area contributed by atoms with Crippen molar-refractivity contribution in [2.75, 3.05) is 6.54 Å². The third-order valence-electron chi connectivity index (χ3n) is 2.38. The molecule has 1 unspecified atom stereocenters. The fourth-order valence-corrected chi connectivity index (χ4v) is 1.69. The van der Waals surface area contributed by atoms with Crippen LogP contribution in [0.2, 0.25) is 5.02 Å². The van der Waals surface area contributed by atoms with E-state index in [1.165, 1.54) is 0 Å². The molecule has 3 nitrogen and oxygen atoms in total. The van der Waals surface area contributed by atoms with Gasteiger partial charge < -0.3 is 10.5 Å². The highest BCUT2D eigenvalue weighted by Crippen LogP contribution is 2.27. The van der Waals surface area contributed by atoms with Gasteiger partial charge in [0.25, 0.3) is 0 Å². The van der Waals surface area contributed by atoms with Crippen LogP contribution in [0.4, 0.5) is 0 Å². The summed E-state index contributed by atoms with van der Waals surface area (Å²) in [6.07, 6.45) is 3.23. The molecule has 0 radical (unpaired) electrons. The minimum absolute atomic E-state index is 0.233. The summed E-state index contributed by atoms with van der Waals surface area (Å²) in [4.78, 5) is 4.05. The minimum atomic E-state index is -0.233. The summed E-state index contributed by atoms with van der Waals surface area (Å²) in [7, 11) is 0. The molecule has 0 aliphatic heterocycles. The van der Waals surface area contributed by atoms with Gasteiger partial charge in [0.2, 0.25) is 0 Å². The van der Waals surface area contributed by atoms with Gasteiger partial charge in [-0.15, -0.1) is 0 Å². The monoisotopic (exact) mass is 248 g/mol. The number of rotatable bonds is 4. The molecule has 0 aliphatic carbocycles. The van der Waals surface area contributed by atoms with Crippen molar-refractivity contribution in [3.63, 3.8) is 0 Å². The summed E-state index contributed by atoms with van der Waals surface area (Å²) >= 11 is 6.03. The normalized spacial score (nSPS) is 12.1. The van der Waals surface area contributed by atoms with Crippen LogP contribution in [0.3, 0.4) is 0 Å². The Bertz CT molecular complexity index is 476. The Balaban J connectivity index is 2.19. The van der Waals surface area contributed by atoms with Crippen molar-refractivity contribution >= 4 is 11.6 Å². The molecular formula is C13H13ClN2O. The van der Waals surface area contributed by atoms with Gasteiger partial charge in [0.1, 0.15) is 11.9 Å². The van der Waals surface area contributed by atoms with E-state index in [4.69, 9.17) is 22.1 Å². The number of aromatic nitrogens is 1. The number of nitrogens with two attached hydrogens (primary N) is 1. The van der Waals surface area contributed by atoms with Crippen LogP contribution in [0.25, 0.3) is 0 Å². The first kappa shape index (κ1) is 11.9. The topological polar surface area (TPSA) is 48.1 Å². The molecule has 1 atom stereocenters. The maximum atomic E-state index is 6.03. The Labute approximate surface area is 105 Å². The fraction of sp³-hybridized carbons (Fsp3) is 0.154. The predicted octanol–water partition coefficient (Wildman–Crippen LogP) is 2.81. The maximum absolute atomic E-state index is 6.03. The summed E-state index contributed by atoms with van der Waals surface area (Å²) < 4.78 is 5.78. The van der Waals surface area contributed by atoms with Gasteiger partial charge in [-0.05, 0) is 18.2 Å². The van der Waals surface area contributed by atoms with Crippen LogP contribution in [0.1, 0.15) is 11.7 Å². The number of ether oxygens (including phenoxy) is 1. The molecule has 2 aromatic rings. The van der Waals surface area contributed by atoms with Crippen LogP contribution in [-0.4, -0.2) is 11.5 Å². The number of hydrogen-bond acceptors (Lipinski definition) is 3. The Morgan fingerprint density at radius 2 is 2.06 bits per heavy atom. The first-order valence-corrected chi connectivity index (χ1v) is 5.70. The molecule has 0 spiro atoms. The number of benzene rings is 1. The van der Waals surface area contributed by atoms with Crippen LogP contribution in [0.5, 0.6) is 5.75 Å². The molecule has 0 bridgehead atoms. The lowest BCUT2D eigenvalue weighted by Crippen LogP contribution is -2.18. The molecule has 0 aliphatic rings. The van der Waals surface area contributed by atoms with E-state index in [9.17, 15) is 0 Å². The quantitative estimate of drug-likeness (QED) is 0.905. The molecule has 2 N–H and O–H groups in total. The Morgan fingerprint density at radius 1 is 1.24 bits per heavy atom. The van der Waals surface area contributed by atoms with Gasteiger partial charge >= 0.3 is 0 Å². The minimum Gasteiger partial charge on any atom is -0.483 e. The third kappa shape index (κ3) is 2.96. The van der Waals surface area contributed by atoms with Crippen molar-refractivity contribution < 1.29 is 4.74 Å². The van der Waals surface area contributed by atoms with Gasteiger partial charge in [-0.1, -0.05) is 29.8 Å². The largest absolute Gasteiger partial charge is 0.483 e. The smallest absolute Gasteiger partial charge is 0.138 e.